The summed E-state index contributed by atoms with van der Waals surface area (Å²) in [4.78, 5) is 24.1. The Morgan fingerprint density at radius 3 is 2.42 bits per heavy atom. The Morgan fingerprint density at radius 2 is 1.85 bits per heavy atom. The molecular formula is C19H27N3O4. The van der Waals surface area contributed by atoms with Crippen molar-refractivity contribution in [2.45, 2.75) is 58.4 Å². The molecule has 1 saturated carbocycles. The zero-order valence-corrected chi connectivity index (χ0v) is 15.6. The number of carbonyl (C=O) groups excluding carboxylic acids is 1. The summed E-state index contributed by atoms with van der Waals surface area (Å²) in [6.07, 6.45) is 6.21. The van der Waals surface area contributed by atoms with E-state index in [9.17, 15) is 9.59 Å². The van der Waals surface area contributed by atoms with Crippen molar-refractivity contribution in [3.8, 4) is 0 Å². The average molecular weight is 361 g/mol. The Balaban J connectivity index is 0.000000298. The second kappa shape index (κ2) is 9.31. The number of hydrogen-bond donors (Lipinski definition) is 1. The molecule has 1 aromatic heterocycles. The molecule has 1 aromatic carbocycles. The summed E-state index contributed by atoms with van der Waals surface area (Å²) in [6, 6.07) is 5.67. The third kappa shape index (κ3) is 5.54. The highest BCUT2D eigenvalue weighted by Crippen LogP contribution is 2.23. The minimum absolute atomic E-state index is 0.0526. The van der Waals surface area contributed by atoms with Gasteiger partial charge < -0.3 is 10.0 Å². The lowest BCUT2D eigenvalue weighted by Crippen LogP contribution is -2.38. The number of rotatable bonds is 4. The maximum absolute atomic E-state index is 12.5. The van der Waals surface area contributed by atoms with Gasteiger partial charge >= 0.3 is 5.97 Å². The maximum Gasteiger partial charge on any atom is 0.303 e. The SMILES string of the molecule is CC(C)CC(=O)O.CN(C(=O)c1ccc2nonc2c1)C1CCCCC1. The summed E-state index contributed by atoms with van der Waals surface area (Å²) in [6.45, 7) is 3.77. The van der Waals surface area contributed by atoms with E-state index in [1.54, 1.807) is 18.2 Å². The van der Waals surface area contributed by atoms with Gasteiger partial charge in [0.05, 0.1) is 0 Å². The van der Waals surface area contributed by atoms with Crippen LogP contribution in [0.2, 0.25) is 0 Å². The molecule has 0 unspecified atom stereocenters. The monoisotopic (exact) mass is 361 g/mol. The van der Waals surface area contributed by atoms with Gasteiger partial charge in [-0.25, -0.2) is 4.63 Å². The molecule has 2 aromatic rings. The van der Waals surface area contributed by atoms with Crippen LogP contribution in [0.5, 0.6) is 0 Å². The number of carboxylic acids is 1. The zero-order chi connectivity index (χ0) is 19.1. The molecule has 0 bridgehead atoms. The number of hydrogen-bond acceptors (Lipinski definition) is 5. The number of carboxylic acid groups (broad SMARTS) is 1. The van der Waals surface area contributed by atoms with Crippen LogP contribution >= 0.6 is 0 Å². The number of benzene rings is 1. The predicted octanol–water partition coefficient (Wildman–Crippen LogP) is 3.74. The van der Waals surface area contributed by atoms with Gasteiger partial charge in [0, 0.05) is 25.1 Å². The second-order valence-corrected chi connectivity index (χ2v) is 7.17. The zero-order valence-electron chi connectivity index (χ0n) is 15.6. The minimum Gasteiger partial charge on any atom is -0.481 e. The number of fused-ring (bicyclic) bond motifs is 1. The molecule has 1 aliphatic rings. The van der Waals surface area contributed by atoms with E-state index in [4.69, 9.17) is 5.11 Å². The second-order valence-electron chi connectivity index (χ2n) is 7.17. The van der Waals surface area contributed by atoms with Crippen LogP contribution in [0.25, 0.3) is 11.0 Å². The van der Waals surface area contributed by atoms with E-state index in [1.807, 2.05) is 25.8 Å². The summed E-state index contributed by atoms with van der Waals surface area (Å²) in [5.74, 6) is -0.385. The molecule has 3 rings (SSSR count). The highest BCUT2D eigenvalue weighted by molar-refractivity contribution is 5.97. The Labute approximate surface area is 153 Å². The van der Waals surface area contributed by atoms with Crippen LogP contribution in [0.15, 0.2) is 22.8 Å². The first-order valence-electron chi connectivity index (χ1n) is 9.09. The maximum atomic E-state index is 12.5. The molecule has 1 heterocycles. The third-order valence-corrected chi connectivity index (χ3v) is 4.53. The number of aromatic nitrogens is 2. The quantitative estimate of drug-likeness (QED) is 0.891. The topological polar surface area (TPSA) is 96.5 Å². The molecule has 0 radical (unpaired) electrons. The third-order valence-electron chi connectivity index (χ3n) is 4.53. The Bertz CT molecular complexity index is 735. The lowest BCUT2D eigenvalue weighted by Gasteiger charge is -2.31. The van der Waals surface area contributed by atoms with E-state index in [-0.39, 0.29) is 18.2 Å². The van der Waals surface area contributed by atoms with Gasteiger partial charge in [0.15, 0.2) is 0 Å². The Hall–Kier alpha value is -2.44. The molecule has 1 amide bonds. The van der Waals surface area contributed by atoms with Crippen LogP contribution in [0.3, 0.4) is 0 Å². The Morgan fingerprint density at radius 1 is 1.19 bits per heavy atom. The van der Waals surface area contributed by atoms with Crippen LogP contribution in [0.1, 0.15) is 62.7 Å². The largest absolute Gasteiger partial charge is 0.481 e. The molecule has 7 heteroatoms. The van der Waals surface area contributed by atoms with Crippen molar-refractivity contribution in [3.63, 3.8) is 0 Å². The van der Waals surface area contributed by atoms with E-state index in [1.165, 1.54) is 19.3 Å². The normalized spacial score (nSPS) is 14.8. The molecular weight excluding hydrogens is 334 g/mol. The molecule has 0 aliphatic heterocycles. The van der Waals surface area contributed by atoms with Crippen molar-refractivity contribution in [2.24, 2.45) is 5.92 Å². The van der Waals surface area contributed by atoms with Gasteiger partial charge in [-0.2, -0.15) is 0 Å². The Kier molecular flexibility index (Phi) is 7.12. The summed E-state index contributed by atoms with van der Waals surface area (Å²) in [5, 5.41) is 15.6. The summed E-state index contributed by atoms with van der Waals surface area (Å²) >= 11 is 0. The lowest BCUT2D eigenvalue weighted by molar-refractivity contribution is -0.137. The highest BCUT2D eigenvalue weighted by Gasteiger charge is 2.23. The molecule has 142 valence electrons. The van der Waals surface area contributed by atoms with Gasteiger partial charge in [-0.3, -0.25) is 9.59 Å². The number of nitrogens with zero attached hydrogens (tertiary/aromatic N) is 3. The lowest BCUT2D eigenvalue weighted by atomic mass is 9.94. The van der Waals surface area contributed by atoms with Gasteiger partial charge in [-0.15, -0.1) is 0 Å². The van der Waals surface area contributed by atoms with Gasteiger partial charge in [-0.05, 0) is 47.3 Å². The molecule has 1 fully saturated rings. The number of carbonyl (C=O) groups is 2. The smallest absolute Gasteiger partial charge is 0.303 e. The van der Waals surface area contributed by atoms with E-state index < -0.39 is 5.97 Å². The molecule has 0 atom stereocenters. The fourth-order valence-electron chi connectivity index (χ4n) is 3.10. The summed E-state index contributed by atoms with van der Waals surface area (Å²) < 4.78 is 4.65. The van der Waals surface area contributed by atoms with E-state index in [0.29, 0.717) is 22.6 Å². The minimum atomic E-state index is -0.713. The van der Waals surface area contributed by atoms with Crippen molar-refractivity contribution in [3.05, 3.63) is 23.8 Å². The standard InChI is InChI=1S/C14H17N3O2.C5H10O2/c1-17(11-5-3-2-4-6-11)14(18)10-7-8-12-13(9-10)16-19-15-12;1-4(2)3-5(6)7/h7-9,11H,2-6H2,1H3;4H,3H2,1-2H3,(H,6,7). The van der Waals surface area contributed by atoms with E-state index in [2.05, 4.69) is 14.9 Å². The predicted molar refractivity (Wildman–Crippen MR) is 97.9 cm³/mol. The fraction of sp³-hybridized carbons (Fsp3) is 0.579. The van der Waals surface area contributed by atoms with Gasteiger partial charge in [-0.1, -0.05) is 33.1 Å². The fourth-order valence-corrected chi connectivity index (χ4v) is 3.10. The van der Waals surface area contributed by atoms with Crippen molar-refractivity contribution in [1.82, 2.24) is 15.2 Å². The first-order valence-corrected chi connectivity index (χ1v) is 9.09. The average Bonchev–Trinajstić information content (AvgIpc) is 3.08. The molecule has 0 saturated heterocycles. The first kappa shape index (κ1) is 19.9. The molecule has 0 spiro atoms. The van der Waals surface area contributed by atoms with Gasteiger partial charge in [0.1, 0.15) is 11.0 Å². The first-order chi connectivity index (χ1) is 12.4. The van der Waals surface area contributed by atoms with Crippen molar-refractivity contribution >= 4 is 22.9 Å². The molecule has 26 heavy (non-hydrogen) atoms. The van der Waals surface area contributed by atoms with Crippen molar-refractivity contribution in [2.75, 3.05) is 7.05 Å². The van der Waals surface area contributed by atoms with Crippen LogP contribution in [0.4, 0.5) is 0 Å². The van der Waals surface area contributed by atoms with Crippen molar-refractivity contribution < 1.29 is 19.3 Å². The van der Waals surface area contributed by atoms with Crippen LogP contribution in [-0.4, -0.2) is 45.3 Å². The van der Waals surface area contributed by atoms with E-state index >= 15 is 0 Å². The van der Waals surface area contributed by atoms with Crippen LogP contribution < -0.4 is 0 Å². The number of aliphatic carboxylic acids is 1. The van der Waals surface area contributed by atoms with Crippen LogP contribution in [0, 0.1) is 5.92 Å². The van der Waals surface area contributed by atoms with Gasteiger partial charge in [0.2, 0.25) is 0 Å². The number of amides is 1. The highest BCUT2D eigenvalue weighted by atomic mass is 16.6. The molecule has 1 aliphatic carbocycles. The van der Waals surface area contributed by atoms with Crippen LogP contribution in [-0.2, 0) is 4.79 Å². The van der Waals surface area contributed by atoms with Crippen molar-refractivity contribution in [1.29, 1.82) is 0 Å². The molecule has 1 N–H and O–H groups in total. The summed E-state index contributed by atoms with van der Waals surface area (Å²) in [5.41, 5.74) is 1.95. The van der Waals surface area contributed by atoms with Gasteiger partial charge in [0.25, 0.3) is 5.91 Å². The van der Waals surface area contributed by atoms with E-state index in [0.717, 1.165) is 12.8 Å². The summed E-state index contributed by atoms with van der Waals surface area (Å²) in [7, 11) is 1.89. The molecule has 7 nitrogen and oxygen atoms in total.